The molecule has 156 valence electrons. The lowest BCUT2D eigenvalue weighted by atomic mass is 10.0. The van der Waals surface area contributed by atoms with E-state index in [9.17, 15) is 9.90 Å². The zero-order valence-corrected chi connectivity index (χ0v) is 17.3. The van der Waals surface area contributed by atoms with Crippen molar-refractivity contribution in [1.82, 2.24) is 9.88 Å². The Bertz CT molecular complexity index is 843. The topological polar surface area (TPSA) is 75.1 Å². The summed E-state index contributed by atoms with van der Waals surface area (Å²) in [7, 11) is 5.41. The standard InChI is InChI=1S/C22H29N3O4/c1-24(13-10-16-8-9-19(28-2)20(14-16)29-3)17-6-5-12-25(15-17)21-18(22(26)27)7-4-11-23-21/h4,7-9,11,14,17H,5-6,10,12-13,15H2,1-3H3,(H,26,27)/t17-/m0/s1. The number of ether oxygens (including phenoxy) is 2. The van der Waals surface area contributed by atoms with Crippen molar-refractivity contribution >= 4 is 11.8 Å². The van der Waals surface area contributed by atoms with Crippen LogP contribution in [0.1, 0.15) is 28.8 Å². The Morgan fingerprint density at radius 2 is 2.07 bits per heavy atom. The lowest BCUT2D eigenvalue weighted by molar-refractivity contribution is 0.0697. The summed E-state index contributed by atoms with van der Waals surface area (Å²) in [6, 6.07) is 9.67. The van der Waals surface area contributed by atoms with Gasteiger partial charge in [-0.15, -0.1) is 0 Å². The Kier molecular flexibility index (Phi) is 6.93. The molecule has 0 aliphatic carbocycles. The molecule has 0 unspecified atom stereocenters. The van der Waals surface area contributed by atoms with Gasteiger partial charge < -0.3 is 24.4 Å². The Morgan fingerprint density at radius 3 is 2.79 bits per heavy atom. The molecule has 0 radical (unpaired) electrons. The van der Waals surface area contributed by atoms with Gasteiger partial charge in [0.1, 0.15) is 11.4 Å². The molecule has 1 N–H and O–H groups in total. The second-order valence-electron chi connectivity index (χ2n) is 7.34. The van der Waals surface area contributed by atoms with Crippen LogP contribution in [0.4, 0.5) is 5.82 Å². The highest BCUT2D eigenvalue weighted by Crippen LogP contribution is 2.28. The highest BCUT2D eigenvalue weighted by molar-refractivity contribution is 5.93. The van der Waals surface area contributed by atoms with E-state index in [0.29, 0.717) is 11.9 Å². The summed E-state index contributed by atoms with van der Waals surface area (Å²) >= 11 is 0. The summed E-state index contributed by atoms with van der Waals surface area (Å²) in [4.78, 5) is 20.3. The van der Waals surface area contributed by atoms with Crippen LogP contribution >= 0.6 is 0 Å². The number of carboxylic acid groups (broad SMARTS) is 1. The third-order valence-corrected chi connectivity index (χ3v) is 5.54. The first-order chi connectivity index (χ1) is 14.0. The van der Waals surface area contributed by atoms with E-state index in [-0.39, 0.29) is 5.56 Å². The Balaban J connectivity index is 1.63. The molecule has 2 aromatic rings. The SMILES string of the molecule is COc1ccc(CCN(C)[C@H]2CCCN(c3ncccc3C(=O)O)C2)cc1OC. The molecule has 1 atom stereocenters. The molecule has 1 aromatic heterocycles. The van der Waals surface area contributed by atoms with E-state index in [4.69, 9.17) is 9.47 Å². The number of carboxylic acids is 1. The summed E-state index contributed by atoms with van der Waals surface area (Å²) in [5.41, 5.74) is 1.46. The van der Waals surface area contributed by atoms with Gasteiger partial charge in [0.05, 0.1) is 14.2 Å². The predicted molar refractivity (Wildman–Crippen MR) is 112 cm³/mol. The molecule has 1 fully saturated rings. The smallest absolute Gasteiger partial charge is 0.339 e. The normalized spacial score (nSPS) is 16.7. The molecule has 3 rings (SSSR count). The molecule has 0 amide bonds. The van der Waals surface area contributed by atoms with Gasteiger partial charge >= 0.3 is 5.97 Å². The van der Waals surface area contributed by atoms with Crippen molar-refractivity contribution in [3.05, 3.63) is 47.7 Å². The van der Waals surface area contributed by atoms with Crippen LogP contribution in [0.3, 0.4) is 0 Å². The number of methoxy groups -OCH3 is 2. The zero-order valence-electron chi connectivity index (χ0n) is 17.3. The average molecular weight is 399 g/mol. The van der Waals surface area contributed by atoms with Gasteiger partial charge in [-0.3, -0.25) is 0 Å². The highest BCUT2D eigenvalue weighted by Gasteiger charge is 2.26. The second kappa shape index (κ2) is 9.60. The van der Waals surface area contributed by atoms with E-state index >= 15 is 0 Å². The van der Waals surface area contributed by atoms with Crippen molar-refractivity contribution in [2.24, 2.45) is 0 Å². The van der Waals surface area contributed by atoms with Gasteiger partial charge in [0.15, 0.2) is 11.5 Å². The van der Waals surface area contributed by atoms with Crippen LogP contribution in [-0.2, 0) is 6.42 Å². The van der Waals surface area contributed by atoms with Crippen LogP contribution in [0.2, 0.25) is 0 Å². The Labute approximate surface area is 171 Å². The first-order valence-electron chi connectivity index (χ1n) is 9.88. The number of pyridine rings is 1. The fourth-order valence-corrected chi connectivity index (χ4v) is 3.85. The van der Waals surface area contributed by atoms with Gasteiger partial charge in [0.25, 0.3) is 0 Å². The van der Waals surface area contributed by atoms with Gasteiger partial charge in [-0.1, -0.05) is 6.07 Å². The molecule has 29 heavy (non-hydrogen) atoms. The molecule has 1 saturated heterocycles. The number of hydrogen-bond acceptors (Lipinski definition) is 6. The summed E-state index contributed by atoms with van der Waals surface area (Å²) in [5.74, 6) is 1.11. The maximum Gasteiger partial charge on any atom is 0.339 e. The number of benzene rings is 1. The van der Waals surface area contributed by atoms with Gasteiger partial charge in [0.2, 0.25) is 0 Å². The highest BCUT2D eigenvalue weighted by atomic mass is 16.5. The summed E-state index contributed by atoms with van der Waals surface area (Å²) < 4.78 is 10.7. The number of piperidine rings is 1. The molecule has 1 aliphatic heterocycles. The lowest BCUT2D eigenvalue weighted by Gasteiger charge is -2.38. The third-order valence-electron chi connectivity index (χ3n) is 5.54. The lowest BCUT2D eigenvalue weighted by Crippen LogP contribution is -2.47. The van der Waals surface area contributed by atoms with Gasteiger partial charge in [-0.25, -0.2) is 9.78 Å². The quantitative estimate of drug-likeness (QED) is 0.731. The molecule has 7 heteroatoms. The van der Waals surface area contributed by atoms with Gasteiger partial charge in [0, 0.05) is 31.9 Å². The van der Waals surface area contributed by atoms with E-state index in [1.165, 1.54) is 5.56 Å². The number of aromatic nitrogens is 1. The monoisotopic (exact) mass is 399 g/mol. The largest absolute Gasteiger partial charge is 0.493 e. The van der Waals surface area contributed by atoms with Crippen molar-refractivity contribution < 1.29 is 19.4 Å². The fraction of sp³-hybridized carbons (Fsp3) is 0.455. The Morgan fingerprint density at radius 1 is 1.28 bits per heavy atom. The average Bonchev–Trinajstić information content (AvgIpc) is 2.77. The minimum Gasteiger partial charge on any atom is -0.493 e. The predicted octanol–water partition coefficient (Wildman–Crippen LogP) is 2.94. The van der Waals surface area contributed by atoms with E-state index in [1.807, 2.05) is 12.1 Å². The molecule has 1 aliphatic rings. The molecule has 7 nitrogen and oxygen atoms in total. The maximum absolute atomic E-state index is 11.5. The fourth-order valence-electron chi connectivity index (χ4n) is 3.85. The van der Waals surface area contributed by atoms with Crippen molar-refractivity contribution in [3.63, 3.8) is 0 Å². The molecular weight excluding hydrogens is 370 g/mol. The van der Waals surface area contributed by atoms with Crippen LogP contribution in [0.5, 0.6) is 11.5 Å². The van der Waals surface area contributed by atoms with Crippen LogP contribution < -0.4 is 14.4 Å². The van der Waals surface area contributed by atoms with Gasteiger partial charge in [-0.2, -0.15) is 0 Å². The van der Waals surface area contributed by atoms with E-state index in [0.717, 1.165) is 50.4 Å². The maximum atomic E-state index is 11.5. The molecular formula is C22H29N3O4. The summed E-state index contributed by atoms with van der Waals surface area (Å²) in [6.45, 7) is 2.51. The number of hydrogen-bond donors (Lipinski definition) is 1. The van der Waals surface area contributed by atoms with Crippen molar-refractivity contribution in [2.45, 2.75) is 25.3 Å². The molecule has 0 spiro atoms. The Hall–Kier alpha value is -2.80. The van der Waals surface area contributed by atoms with E-state index in [2.05, 4.69) is 27.9 Å². The van der Waals surface area contributed by atoms with Crippen LogP contribution in [-0.4, -0.2) is 67.9 Å². The first-order valence-corrected chi connectivity index (χ1v) is 9.88. The molecule has 1 aromatic carbocycles. The summed E-state index contributed by atoms with van der Waals surface area (Å²) in [5, 5.41) is 9.47. The molecule has 0 bridgehead atoms. The number of carbonyl (C=O) groups is 1. The van der Waals surface area contributed by atoms with Crippen LogP contribution in [0.15, 0.2) is 36.5 Å². The number of rotatable bonds is 8. The van der Waals surface area contributed by atoms with Crippen LogP contribution in [0, 0.1) is 0 Å². The van der Waals surface area contributed by atoms with Gasteiger partial charge in [-0.05, 0) is 56.1 Å². The second-order valence-corrected chi connectivity index (χ2v) is 7.34. The summed E-state index contributed by atoms with van der Waals surface area (Å²) in [6.07, 6.45) is 4.67. The minimum absolute atomic E-state index is 0.265. The molecule has 2 heterocycles. The van der Waals surface area contributed by atoms with Crippen molar-refractivity contribution in [2.75, 3.05) is 45.8 Å². The van der Waals surface area contributed by atoms with Crippen LogP contribution in [0.25, 0.3) is 0 Å². The number of aromatic carboxylic acids is 1. The minimum atomic E-state index is -0.933. The van der Waals surface area contributed by atoms with E-state index in [1.54, 1.807) is 32.5 Å². The van der Waals surface area contributed by atoms with E-state index < -0.39 is 5.97 Å². The number of likely N-dealkylation sites (N-methyl/N-ethyl adjacent to an activating group) is 1. The first kappa shape index (κ1) is 20.9. The molecule has 0 saturated carbocycles. The van der Waals surface area contributed by atoms with Crippen molar-refractivity contribution in [3.8, 4) is 11.5 Å². The number of anilines is 1. The zero-order chi connectivity index (χ0) is 20.8. The number of nitrogens with zero attached hydrogens (tertiary/aromatic N) is 3. The van der Waals surface area contributed by atoms with Crippen molar-refractivity contribution in [1.29, 1.82) is 0 Å². The third kappa shape index (κ3) is 4.98.